The summed E-state index contributed by atoms with van der Waals surface area (Å²) in [7, 11) is 0. The fourth-order valence-electron chi connectivity index (χ4n) is 2.90. The molecule has 0 unspecified atom stereocenters. The Morgan fingerprint density at radius 2 is 2.14 bits per heavy atom. The van der Waals surface area contributed by atoms with Crippen molar-refractivity contribution in [1.29, 1.82) is 0 Å². The summed E-state index contributed by atoms with van der Waals surface area (Å²) in [6.45, 7) is 3.38. The van der Waals surface area contributed by atoms with Gasteiger partial charge in [-0.15, -0.1) is 22.9 Å². The van der Waals surface area contributed by atoms with Crippen LogP contribution >= 0.6 is 34.5 Å². The van der Waals surface area contributed by atoms with Gasteiger partial charge in [-0.3, -0.25) is 4.79 Å². The smallest absolute Gasteiger partial charge is 0.237 e. The van der Waals surface area contributed by atoms with E-state index < -0.39 is 0 Å². The lowest BCUT2D eigenvalue weighted by Crippen LogP contribution is -2.38. The van der Waals surface area contributed by atoms with Gasteiger partial charge in [-0.25, -0.2) is 0 Å². The maximum atomic E-state index is 12.0. The third-order valence-corrected chi connectivity index (χ3v) is 5.45. The van der Waals surface area contributed by atoms with E-state index in [2.05, 4.69) is 19.1 Å². The fraction of sp³-hybridized carbons (Fsp3) is 0.312. The van der Waals surface area contributed by atoms with Crippen LogP contribution in [-0.4, -0.2) is 23.2 Å². The second-order valence-corrected chi connectivity index (χ2v) is 7.28. The van der Waals surface area contributed by atoms with Crippen LogP contribution in [0, 0.1) is 6.92 Å². The molecule has 1 atom stereocenters. The Kier molecular flexibility index (Phi) is 4.25. The topological polar surface area (TPSA) is 20.3 Å². The molecule has 0 spiro atoms. The van der Waals surface area contributed by atoms with Gasteiger partial charge >= 0.3 is 0 Å². The van der Waals surface area contributed by atoms with Crippen molar-refractivity contribution < 1.29 is 4.79 Å². The molecule has 1 aromatic heterocycles. The number of carbonyl (C=O) groups excluding carboxylic acids is 1. The Morgan fingerprint density at radius 3 is 2.86 bits per heavy atom. The predicted molar refractivity (Wildman–Crippen MR) is 88.5 cm³/mol. The van der Waals surface area contributed by atoms with E-state index in [9.17, 15) is 4.79 Å². The highest BCUT2D eigenvalue weighted by Crippen LogP contribution is 2.40. The molecule has 3 rings (SSSR count). The van der Waals surface area contributed by atoms with Crippen LogP contribution in [0.3, 0.4) is 0 Å². The van der Waals surface area contributed by atoms with Gasteiger partial charge in [-0.05, 0) is 29.7 Å². The second-order valence-electron chi connectivity index (χ2n) is 5.25. The third-order valence-electron chi connectivity index (χ3n) is 3.96. The van der Waals surface area contributed by atoms with E-state index in [1.54, 1.807) is 11.3 Å². The zero-order valence-electron chi connectivity index (χ0n) is 11.6. The fourth-order valence-corrected chi connectivity index (χ4v) is 4.43. The Morgan fingerprint density at radius 1 is 1.38 bits per heavy atom. The summed E-state index contributed by atoms with van der Waals surface area (Å²) in [5.74, 6) is 0.172. The minimum Gasteiger partial charge on any atom is -0.336 e. The molecule has 0 N–H and O–H groups in total. The quantitative estimate of drug-likeness (QED) is 0.741. The lowest BCUT2D eigenvalue weighted by Gasteiger charge is -2.33. The normalized spacial score (nSPS) is 17.7. The average molecular weight is 340 g/mol. The highest BCUT2D eigenvalue weighted by molar-refractivity contribution is 7.16. The van der Waals surface area contributed by atoms with Crippen molar-refractivity contribution in [3.05, 3.63) is 56.2 Å². The number of thiophene rings is 1. The van der Waals surface area contributed by atoms with Gasteiger partial charge in [0.2, 0.25) is 5.91 Å². The number of hydrogen-bond acceptors (Lipinski definition) is 2. The molecule has 2 nitrogen and oxygen atoms in total. The van der Waals surface area contributed by atoms with Gasteiger partial charge in [0.1, 0.15) is 5.88 Å². The molecule has 2 heterocycles. The predicted octanol–water partition coefficient (Wildman–Crippen LogP) is 4.42. The van der Waals surface area contributed by atoms with Gasteiger partial charge in [0.15, 0.2) is 0 Å². The number of fused-ring (bicyclic) bond motifs is 1. The van der Waals surface area contributed by atoms with Crippen LogP contribution in [0.2, 0.25) is 4.34 Å². The van der Waals surface area contributed by atoms with Crippen LogP contribution in [-0.2, 0) is 11.3 Å². The minimum atomic E-state index is -0.0228. The largest absolute Gasteiger partial charge is 0.336 e. The molecule has 0 saturated heterocycles. The first kappa shape index (κ1) is 14.9. The monoisotopic (exact) mass is 339 g/mol. The Labute approximate surface area is 138 Å². The van der Waals surface area contributed by atoms with Crippen molar-refractivity contribution in [2.24, 2.45) is 0 Å². The molecule has 0 bridgehead atoms. The zero-order chi connectivity index (χ0) is 15.0. The summed E-state index contributed by atoms with van der Waals surface area (Å²) < 4.78 is 0.777. The Balaban J connectivity index is 2.06. The van der Waals surface area contributed by atoms with Crippen LogP contribution in [0.25, 0.3) is 0 Å². The molecular weight excluding hydrogens is 325 g/mol. The molecule has 1 aromatic carbocycles. The van der Waals surface area contributed by atoms with Crippen molar-refractivity contribution in [3.63, 3.8) is 0 Å². The maximum Gasteiger partial charge on any atom is 0.237 e. The van der Waals surface area contributed by atoms with Crippen molar-refractivity contribution in [2.75, 3.05) is 12.4 Å². The van der Waals surface area contributed by atoms with Crippen molar-refractivity contribution in [1.82, 2.24) is 4.90 Å². The molecule has 1 aliphatic heterocycles. The van der Waals surface area contributed by atoms with E-state index in [1.807, 2.05) is 23.1 Å². The van der Waals surface area contributed by atoms with Gasteiger partial charge in [0.25, 0.3) is 0 Å². The van der Waals surface area contributed by atoms with E-state index in [0.29, 0.717) is 13.1 Å². The van der Waals surface area contributed by atoms with Crippen molar-refractivity contribution >= 4 is 40.4 Å². The molecule has 0 saturated carbocycles. The van der Waals surface area contributed by atoms with E-state index in [4.69, 9.17) is 23.2 Å². The molecule has 21 heavy (non-hydrogen) atoms. The van der Waals surface area contributed by atoms with Gasteiger partial charge < -0.3 is 4.90 Å². The standard InChI is InChI=1S/C16H15Cl2NOS/c1-10-4-2-3-5-11(10)13-8-19(16(20)7-17)9-14-12(13)6-15(18)21-14/h2-6,13H,7-9H2,1H3/t13-/m0/s1. The zero-order valence-corrected chi connectivity index (χ0v) is 13.9. The number of alkyl halides is 1. The lowest BCUT2D eigenvalue weighted by molar-refractivity contribution is -0.129. The number of halogens is 2. The van der Waals surface area contributed by atoms with Crippen LogP contribution < -0.4 is 0 Å². The molecule has 0 aliphatic carbocycles. The average Bonchev–Trinajstić information content (AvgIpc) is 2.86. The molecule has 2 aromatic rings. The number of carbonyl (C=O) groups is 1. The summed E-state index contributed by atoms with van der Waals surface area (Å²) in [6, 6.07) is 10.3. The summed E-state index contributed by atoms with van der Waals surface area (Å²) in [5, 5.41) is 0. The maximum absolute atomic E-state index is 12.0. The van der Waals surface area contributed by atoms with Crippen molar-refractivity contribution in [2.45, 2.75) is 19.4 Å². The first-order chi connectivity index (χ1) is 10.1. The molecule has 0 fully saturated rings. The third kappa shape index (κ3) is 2.83. The minimum absolute atomic E-state index is 0.0228. The molecular formula is C16H15Cl2NOS. The molecule has 5 heteroatoms. The van der Waals surface area contributed by atoms with Crippen LogP contribution in [0.4, 0.5) is 0 Å². The van der Waals surface area contributed by atoms with E-state index in [-0.39, 0.29) is 17.7 Å². The summed E-state index contributed by atoms with van der Waals surface area (Å²) in [6.07, 6.45) is 0. The second kappa shape index (κ2) is 5.99. The van der Waals surface area contributed by atoms with E-state index in [0.717, 1.165) is 9.21 Å². The summed E-state index contributed by atoms with van der Waals surface area (Å²) in [4.78, 5) is 15.0. The van der Waals surface area contributed by atoms with E-state index in [1.165, 1.54) is 16.7 Å². The number of rotatable bonds is 2. The molecule has 1 aliphatic rings. The lowest BCUT2D eigenvalue weighted by atomic mass is 9.86. The number of nitrogens with zero attached hydrogens (tertiary/aromatic N) is 1. The Bertz CT molecular complexity index is 683. The first-order valence-corrected chi connectivity index (χ1v) is 8.50. The first-order valence-electron chi connectivity index (χ1n) is 6.77. The number of hydrogen-bond donors (Lipinski definition) is 0. The SMILES string of the molecule is Cc1ccccc1[C@@H]1CN(C(=O)CCl)Cc2sc(Cl)cc21. The molecule has 110 valence electrons. The molecule has 0 radical (unpaired) electrons. The number of aryl methyl sites for hydroxylation is 1. The highest BCUT2D eigenvalue weighted by Gasteiger charge is 2.31. The van der Waals surface area contributed by atoms with Crippen LogP contribution in [0.5, 0.6) is 0 Å². The number of amides is 1. The van der Waals surface area contributed by atoms with Crippen LogP contribution in [0.1, 0.15) is 27.5 Å². The number of benzene rings is 1. The Hall–Kier alpha value is -1.03. The van der Waals surface area contributed by atoms with Crippen molar-refractivity contribution in [3.8, 4) is 0 Å². The van der Waals surface area contributed by atoms with Crippen LogP contribution in [0.15, 0.2) is 30.3 Å². The van der Waals surface area contributed by atoms with E-state index >= 15 is 0 Å². The summed E-state index contributed by atoms with van der Waals surface area (Å²) >= 11 is 13.5. The highest BCUT2D eigenvalue weighted by atomic mass is 35.5. The van der Waals surface area contributed by atoms with Gasteiger partial charge in [-0.1, -0.05) is 35.9 Å². The van der Waals surface area contributed by atoms with Gasteiger partial charge in [0.05, 0.1) is 10.9 Å². The van der Waals surface area contributed by atoms with Gasteiger partial charge in [-0.2, -0.15) is 0 Å². The molecule has 1 amide bonds. The summed E-state index contributed by atoms with van der Waals surface area (Å²) in [5.41, 5.74) is 3.73. The van der Waals surface area contributed by atoms with Gasteiger partial charge in [0, 0.05) is 17.3 Å².